The number of carbonyl (C=O) groups is 2. The second-order valence-corrected chi connectivity index (χ2v) is 11.1. The Hall–Kier alpha value is -3.77. The first-order chi connectivity index (χ1) is 20.0. The number of halogens is 1. The van der Waals surface area contributed by atoms with Gasteiger partial charge >= 0.3 is 11.7 Å². The molecule has 2 aliphatic rings. The number of nitrogens with zero attached hydrogens (tertiary/aromatic N) is 2. The number of aliphatic hydroxyl groups excluding tert-OH is 1. The number of rotatable bonds is 7. The van der Waals surface area contributed by atoms with Gasteiger partial charge in [0, 0.05) is 26.2 Å². The van der Waals surface area contributed by atoms with E-state index in [1.54, 1.807) is 63.4 Å². The zero-order chi connectivity index (χ0) is 30.3. The first kappa shape index (κ1) is 29.7. The van der Waals surface area contributed by atoms with Gasteiger partial charge in [-0.2, -0.15) is 0 Å². The van der Waals surface area contributed by atoms with E-state index in [0.29, 0.717) is 27.9 Å². The minimum atomic E-state index is -1.10. The minimum Gasteiger partial charge on any atom is -0.455 e. The normalized spacial score (nSPS) is 22.0. The van der Waals surface area contributed by atoms with Crippen LogP contribution in [0.15, 0.2) is 52.1 Å². The number of nitrogens with one attached hydrogen (secondary N) is 1. The summed E-state index contributed by atoms with van der Waals surface area (Å²) in [5.41, 5.74) is 2.27. The van der Waals surface area contributed by atoms with Gasteiger partial charge in [-0.3, -0.25) is 14.2 Å². The Morgan fingerprint density at radius 2 is 1.74 bits per heavy atom. The summed E-state index contributed by atoms with van der Waals surface area (Å²) in [7, 11) is 3.03. The van der Waals surface area contributed by atoms with Gasteiger partial charge in [-0.25, -0.2) is 9.59 Å². The third kappa shape index (κ3) is 5.52. The molecule has 2 N–H and O–H groups in total. The van der Waals surface area contributed by atoms with Crippen LogP contribution >= 0.6 is 11.6 Å². The van der Waals surface area contributed by atoms with Gasteiger partial charge in [0.15, 0.2) is 6.10 Å². The van der Waals surface area contributed by atoms with E-state index in [1.807, 2.05) is 0 Å². The van der Waals surface area contributed by atoms with Gasteiger partial charge in [0.1, 0.15) is 24.4 Å². The van der Waals surface area contributed by atoms with Crippen LogP contribution in [0.1, 0.15) is 27.2 Å². The van der Waals surface area contributed by atoms with Crippen LogP contribution in [0.2, 0.25) is 5.02 Å². The highest BCUT2D eigenvalue weighted by Crippen LogP contribution is 2.29. The molecule has 12 heteroatoms. The maximum atomic E-state index is 13.5. The van der Waals surface area contributed by atoms with E-state index in [9.17, 15) is 24.3 Å². The van der Waals surface area contributed by atoms with E-state index in [-0.39, 0.29) is 30.2 Å². The van der Waals surface area contributed by atoms with E-state index < -0.39 is 53.6 Å². The number of hydrogen-bond donors (Lipinski definition) is 2. The summed E-state index contributed by atoms with van der Waals surface area (Å²) in [5.74, 6) is -1.23. The number of fused-ring (bicyclic) bond motifs is 1. The quantitative estimate of drug-likeness (QED) is 0.390. The van der Waals surface area contributed by atoms with E-state index in [1.165, 1.54) is 11.6 Å². The molecule has 222 valence electrons. The zero-order valence-corrected chi connectivity index (χ0v) is 24.4. The highest BCUT2D eigenvalue weighted by Gasteiger charge is 2.49. The molecule has 2 unspecified atom stereocenters. The number of carbonyl (C=O) groups excluding carboxylic acids is 2. The summed E-state index contributed by atoms with van der Waals surface area (Å²) in [6, 6.07) is 10.9. The Morgan fingerprint density at radius 3 is 2.43 bits per heavy atom. The Bertz CT molecular complexity index is 1630. The molecule has 1 aromatic heterocycles. The fraction of sp³-hybridized carbons (Fsp3) is 0.400. The zero-order valence-electron chi connectivity index (χ0n) is 23.6. The predicted octanol–water partition coefficient (Wildman–Crippen LogP) is 1.43. The molecule has 42 heavy (non-hydrogen) atoms. The van der Waals surface area contributed by atoms with Gasteiger partial charge in [-0.05, 0) is 36.6 Å². The van der Waals surface area contributed by atoms with Gasteiger partial charge in [0.2, 0.25) is 0 Å². The molecule has 2 aromatic carbocycles. The van der Waals surface area contributed by atoms with Crippen LogP contribution in [0.4, 0.5) is 0 Å². The third-order valence-electron chi connectivity index (χ3n) is 7.93. The molecule has 2 saturated heterocycles. The van der Waals surface area contributed by atoms with Crippen molar-refractivity contribution in [1.82, 2.24) is 14.5 Å². The molecule has 0 saturated carbocycles. The smallest absolute Gasteiger partial charge is 0.330 e. The monoisotopic (exact) mass is 597 g/mol. The first-order valence-corrected chi connectivity index (χ1v) is 13.9. The Labute approximate surface area is 246 Å². The molecule has 2 aliphatic heterocycles. The lowest BCUT2D eigenvalue weighted by Crippen LogP contribution is -2.46. The molecule has 3 aromatic rings. The number of aromatic nitrogens is 2. The molecule has 0 aliphatic carbocycles. The molecule has 5 atom stereocenters. The van der Waals surface area contributed by atoms with Crippen molar-refractivity contribution in [2.45, 2.75) is 50.7 Å². The van der Waals surface area contributed by atoms with Crippen LogP contribution in [0.25, 0.3) is 11.1 Å². The van der Waals surface area contributed by atoms with Crippen molar-refractivity contribution >= 4 is 23.5 Å². The van der Waals surface area contributed by atoms with Crippen molar-refractivity contribution in [3.05, 3.63) is 90.7 Å². The fourth-order valence-electron chi connectivity index (χ4n) is 5.44. The van der Waals surface area contributed by atoms with Crippen molar-refractivity contribution in [3.8, 4) is 11.1 Å². The lowest BCUT2D eigenvalue weighted by molar-refractivity contribution is -0.156. The third-order valence-corrected chi connectivity index (χ3v) is 8.24. The highest BCUT2D eigenvalue weighted by molar-refractivity contribution is 6.34. The molecule has 1 amide bonds. The van der Waals surface area contributed by atoms with Gasteiger partial charge in [-0.15, -0.1) is 0 Å². The summed E-state index contributed by atoms with van der Waals surface area (Å²) < 4.78 is 19.4. The van der Waals surface area contributed by atoms with Crippen molar-refractivity contribution in [2.75, 3.05) is 13.2 Å². The Morgan fingerprint density at radius 1 is 1.05 bits per heavy atom. The molecule has 0 radical (unpaired) electrons. The first-order valence-electron chi connectivity index (χ1n) is 13.5. The number of ether oxygens (including phenoxy) is 3. The second kappa shape index (κ2) is 11.8. The molecule has 0 spiro atoms. The van der Waals surface area contributed by atoms with Crippen LogP contribution in [0.5, 0.6) is 0 Å². The average Bonchev–Trinajstić information content (AvgIpc) is 3.53. The average molecular weight is 598 g/mol. The van der Waals surface area contributed by atoms with Crippen LogP contribution in [-0.4, -0.2) is 69.8 Å². The van der Waals surface area contributed by atoms with Crippen LogP contribution in [-0.2, 0) is 39.5 Å². The Kier molecular flexibility index (Phi) is 8.38. The number of benzene rings is 2. The second-order valence-electron chi connectivity index (χ2n) is 10.7. The maximum absolute atomic E-state index is 13.5. The Balaban J connectivity index is 1.41. The summed E-state index contributed by atoms with van der Waals surface area (Å²) in [4.78, 5) is 51.9. The SMILES string of the molecule is Cc1cccc(Cl)c1C(=O)NC(Cc1ccc(-c2c(C)n(C)c(=O)n(C)c2=O)cc1)C(=O)O[C@H]1CO[C@@H]2C(O)CO[C@H]12. The van der Waals surface area contributed by atoms with Crippen molar-refractivity contribution in [3.63, 3.8) is 0 Å². The topological polar surface area (TPSA) is 138 Å². The summed E-state index contributed by atoms with van der Waals surface area (Å²) in [6.07, 6.45) is -2.65. The maximum Gasteiger partial charge on any atom is 0.330 e. The number of aliphatic hydroxyl groups is 1. The van der Waals surface area contributed by atoms with Crippen molar-refractivity contribution < 1.29 is 28.9 Å². The number of esters is 1. The molecule has 0 bridgehead atoms. The number of amides is 1. The molecular formula is C30H32ClN3O8. The predicted molar refractivity (Wildman–Crippen MR) is 154 cm³/mol. The van der Waals surface area contributed by atoms with Crippen molar-refractivity contribution in [2.24, 2.45) is 14.1 Å². The van der Waals surface area contributed by atoms with Gasteiger partial charge in [-0.1, -0.05) is 48.0 Å². The molecule has 3 heterocycles. The molecule has 2 fully saturated rings. The van der Waals surface area contributed by atoms with Crippen LogP contribution in [0.3, 0.4) is 0 Å². The van der Waals surface area contributed by atoms with Crippen LogP contribution in [0, 0.1) is 13.8 Å². The standard InChI is InChI=1S/C30H32ClN3O8/c1-15-6-5-7-19(31)23(15)27(36)32-20(29(38)42-22-14-41-25-21(35)13-40-26(22)25)12-17-8-10-18(11-9-17)24-16(2)33(3)30(39)34(4)28(24)37/h5-11,20-22,25-26,35H,12-14H2,1-4H3,(H,32,36)/t20?,21?,22-,25+,26+/m0/s1. The van der Waals surface area contributed by atoms with E-state index >= 15 is 0 Å². The van der Waals surface area contributed by atoms with E-state index in [0.717, 1.165) is 4.57 Å². The minimum absolute atomic E-state index is 0.0605. The molecular weight excluding hydrogens is 566 g/mol. The van der Waals surface area contributed by atoms with Gasteiger partial charge in [0.05, 0.1) is 29.4 Å². The van der Waals surface area contributed by atoms with Crippen LogP contribution < -0.4 is 16.6 Å². The number of aryl methyl sites for hydroxylation is 1. The molecule has 11 nitrogen and oxygen atoms in total. The van der Waals surface area contributed by atoms with E-state index in [4.69, 9.17) is 25.8 Å². The largest absolute Gasteiger partial charge is 0.455 e. The van der Waals surface area contributed by atoms with Gasteiger partial charge in [0.25, 0.3) is 11.5 Å². The fourth-order valence-corrected chi connectivity index (χ4v) is 5.75. The summed E-state index contributed by atoms with van der Waals surface area (Å²) in [5, 5.41) is 13.1. The molecule has 5 rings (SSSR count). The lowest BCUT2D eigenvalue weighted by Gasteiger charge is -2.23. The highest BCUT2D eigenvalue weighted by atomic mass is 35.5. The van der Waals surface area contributed by atoms with Crippen molar-refractivity contribution in [1.29, 1.82) is 0 Å². The number of hydrogen-bond acceptors (Lipinski definition) is 8. The van der Waals surface area contributed by atoms with Gasteiger partial charge < -0.3 is 29.2 Å². The summed E-state index contributed by atoms with van der Waals surface area (Å²) >= 11 is 6.31. The lowest BCUT2D eigenvalue weighted by atomic mass is 9.99. The summed E-state index contributed by atoms with van der Waals surface area (Å²) in [6.45, 7) is 3.59. The van der Waals surface area contributed by atoms with E-state index in [2.05, 4.69) is 5.32 Å².